The summed E-state index contributed by atoms with van der Waals surface area (Å²) in [5.74, 6) is 0. The predicted octanol–water partition coefficient (Wildman–Crippen LogP) is 1.46. The van der Waals surface area contributed by atoms with E-state index in [1.165, 1.54) is 0 Å². The van der Waals surface area contributed by atoms with Crippen molar-refractivity contribution in [1.29, 1.82) is 0 Å². The quantitative estimate of drug-likeness (QED) is 0.883. The van der Waals surface area contributed by atoms with E-state index in [1.807, 2.05) is 35.2 Å². The molecule has 1 fully saturated rings. The lowest BCUT2D eigenvalue weighted by Crippen LogP contribution is -2.48. The molecule has 0 aliphatic carbocycles. The fraction of sp³-hybridized carbons (Fsp3) is 0.562. The van der Waals surface area contributed by atoms with Crippen LogP contribution in [0.4, 0.5) is 4.79 Å². The lowest BCUT2D eigenvalue weighted by Gasteiger charge is -2.35. The number of nitrogens with one attached hydrogen (secondary N) is 1. The topological polar surface area (TPSA) is 55.8 Å². The summed E-state index contributed by atoms with van der Waals surface area (Å²) in [6, 6.07) is 10.4. The van der Waals surface area contributed by atoms with Crippen LogP contribution in [-0.4, -0.2) is 60.8 Å². The second kappa shape index (κ2) is 7.43. The van der Waals surface area contributed by atoms with Gasteiger partial charge in [0.2, 0.25) is 0 Å². The van der Waals surface area contributed by atoms with Crippen LogP contribution in [-0.2, 0) is 0 Å². The molecular formula is C16H25N3O2. The minimum atomic E-state index is -0.0349. The smallest absolute Gasteiger partial charge is 0.319 e. The number of urea groups is 1. The van der Waals surface area contributed by atoms with E-state index >= 15 is 0 Å². The van der Waals surface area contributed by atoms with Crippen LogP contribution in [0.15, 0.2) is 30.3 Å². The molecule has 5 nitrogen and oxygen atoms in total. The van der Waals surface area contributed by atoms with Crippen LogP contribution < -0.4 is 5.32 Å². The van der Waals surface area contributed by atoms with Gasteiger partial charge in [0.1, 0.15) is 0 Å². The van der Waals surface area contributed by atoms with Crippen molar-refractivity contribution in [1.82, 2.24) is 15.1 Å². The van der Waals surface area contributed by atoms with Gasteiger partial charge in [-0.1, -0.05) is 30.3 Å². The van der Waals surface area contributed by atoms with E-state index in [0.29, 0.717) is 6.04 Å². The van der Waals surface area contributed by atoms with Gasteiger partial charge in [0.25, 0.3) is 0 Å². The fourth-order valence-electron chi connectivity index (χ4n) is 2.74. The van der Waals surface area contributed by atoms with E-state index in [9.17, 15) is 9.90 Å². The molecule has 0 spiro atoms. The Kier molecular flexibility index (Phi) is 5.59. The highest BCUT2D eigenvalue weighted by molar-refractivity contribution is 5.73. The lowest BCUT2D eigenvalue weighted by atomic mass is 10.0. The maximum Gasteiger partial charge on any atom is 0.319 e. The maximum atomic E-state index is 11.9. The van der Waals surface area contributed by atoms with Gasteiger partial charge in [0, 0.05) is 33.2 Å². The first-order valence-corrected chi connectivity index (χ1v) is 7.50. The Hall–Kier alpha value is -1.59. The molecule has 0 saturated carbocycles. The van der Waals surface area contributed by atoms with Crippen LogP contribution in [0.25, 0.3) is 0 Å². The molecular weight excluding hydrogens is 266 g/mol. The number of aliphatic hydroxyl groups is 1. The van der Waals surface area contributed by atoms with Crippen molar-refractivity contribution < 1.29 is 9.90 Å². The van der Waals surface area contributed by atoms with Gasteiger partial charge in [-0.15, -0.1) is 0 Å². The number of benzene rings is 1. The molecule has 2 amide bonds. The zero-order valence-corrected chi connectivity index (χ0v) is 12.8. The van der Waals surface area contributed by atoms with Crippen molar-refractivity contribution in [2.75, 3.05) is 33.8 Å². The van der Waals surface area contributed by atoms with Crippen molar-refractivity contribution in [3.8, 4) is 0 Å². The number of nitrogens with zero attached hydrogens (tertiary/aromatic N) is 2. The Balaban J connectivity index is 1.86. The van der Waals surface area contributed by atoms with E-state index in [2.05, 4.69) is 5.32 Å². The fourth-order valence-corrected chi connectivity index (χ4v) is 2.74. The molecule has 1 aromatic rings. The van der Waals surface area contributed by atoms with E-state index in [1.54, 1.807) is 19.0 Å². The summed E-state index contributed by atoms with van der Waals surface area (Å²) in [6.07, 6.45) is 1.84. The number of amides is 2. The summed E-state index contributed by atoms with van der Waals surface area (Å²) in [5.41, 5.74) is 1.10. The van der Waals surface area contributed by atoms with Crippen molar-refractivity contribution in [2.24, 2.45) is 0 Å². The number of aliphatic hydroxyl groups excluding tert-OH is 1. The van der Waals surface area contributed by atoms with Crippen LogP contribution >= 0.6 is 0 Å². The highest BCUT2D eigenvalue weighted by Gasteiger charge is 2.25. The van der Waals surface area contributed by atoms with Gasteiger partial charge < -0.3 is 20.2 Å². The Bertz CT molecular complexity index is 442. The third-order valence-corrected chi connectivity index (χ3v) is 3.97. The second-order valence-corrected chi connectivity index (χ2v) is 5.75. The lowest BCUT2D eigenvalue weighted by molar-refractivity contribution is 0.146. The van der Waals surface area contributed by atoms with Crippen LogP contribution in [0, 0.1) is 0 Å². The molecule has 1 aromatic carbocycles. The molecule has 0 radical (unpaired) electrons. The predicted molar refractivity (Wildman–Crippen MR) is 83.1 cm³/mol. The van der Waals surface area contributed by atoms with Gasteiger partial charge in [-0.25, -0.2) is 4.79 Å². The largest absolute Gasteiger partial charge is 0.394 e. The van der Waals surface area contributed by atoms with Gasteiger partial charge in [0.15, 0.2) is 0 Å². The highest BCUT2D eigenvalue weighted by Crippen LogP contribution is 2.18. The zero-order valence-electron chi connectivity index (χ0n) is 12.8. The number of hydrogen-bond donors (Lipinski definition) is 2. The summed E-state index contributed by atoms with van der Waals surface area (Å²) in [4.78, 5) is 15.4. The van der Waals surface area contributed by atoms with E-state index in [-0.39, 0.29) is 18.7 Å². The standard InChI is InChI=1S/C16H25N3O2/c1-18(2)16(21)19-10-8-14(9-11-19)17-15(12-20)13-6-4-3-5-7-13/h3-7,14-15,17,20H,8-12H2,1-2H3/t15-/m1/s1. The molecule has 1 saturated heterocycles. The highest BCUT2D eigenvalue weighted by atomic mass is 16.3. The van der Waals surface area contributed by atoms with Crippen molar-refractivity contribution in [3.63, 3.8) is 0 Å². The first-order chi connectivity index (χ1) is 10.1. The van der Waals surface area contributed by atoms with Crippen molar-refractivity contribution in [2.45, 2.75) is 24.9 Å². The average Bonchev–Trinajstić information content (AvgIpc) is 2.53. The molecule has 0 unspecified atom stereocenters. The molecule has 0 bridgehead atoms. The number of rotatable bonds is 4. The number of carbonyl (C=O) groups is 1. The molecule has 1 aliphatic heterocycles. The van der Waals surface area contributed by atoms with Gasteiger partial charge in [0.05, 0.1) is 12.6 Å². The average molecular weight is 291 g/mol. The first-order valence-electron chi connectivity index (χ1n) is 7.50. The number of likely N-dealkylation sites (tertiary alicyclic amines) is 1. The molecule has 21 heavy (non-hydrogen) atoms. The Morgan fingerprint density at radius 1 is 1.33 bits per heavy atom. The molecule has 1 atom stereocenters. The van der Waals surface area contributed by atoms with Gasteiger partial charge in [-0.05, 0) is 18.4 Å². The number of hydrogen-bond acceptors (Lipinski definition) is 3. The number of piperidine rings is 1. The van der Waals surface area contributed by atoms with Crippen molar-refractivity contribution in [3.05, 3.63) is 35.9 Å². The molecule has 2 N–H and O–H groups in total. The molecule has 0 aromatic heterocycles. The third kappa shape index (κ3) is 4.19. The summed E-state index contributed by atoms with van der Waals surface area (Å²) in [5, 5.41) is 13.1. The summed E-state index contributed by atoms with van der Waals surface area (Å²) in [6.45, 7) is 1.62. The molecule has 2 rings (SSSR count). The minimum Gasteiger partial charge on any atom is -0.394 e. The minimum absolute atomic E-state index is 0.0349. The van der Waals surface area contributed by atoms with Gasteiger partial charge in [-0.2, -0.15) is 0 Å². The van der Waals surface area contributed by atoms with E-state index < -0.39 is 0 Å². The Labute approximate surface area is 126 Å². The molecule has 116 valence electrons. The van der Waals surface area contributed by atoms with E-state index in [4.69, 9.17) is 0 Å². The van der Waals surface area contributed by atoms with Crippen LogP contribution in [0.1, 0.15) is 24.4 Å². The summed E-state index contributed by atoms with van der Waals surface area (Å²) < 4.78 is 0. The van der Waals surface area contributed by atoms with E-state index in [0.717, 1.165) is 31.5 Å². The first kappa shape index (κ1) is 15.8. The maximum absolute atomic E-state index is 11.9. The second-order valence-electron chi connectivity index (χ2n) is 5.75. The van der Waals surface area contributed by atoms with Crippen LogP contribution in [0.3, 0.4) is 0 Å². The summed E-state index contributed by atoms with van der Waals surface area (Å²) >= 11 is 0. The van der Waals surface area contributed by atoms with Gasteiger partial charge in [-0.3, -0.25) is 0 Å². The zero-order chi connectivity index (χ0) is 15.2. The normalized spacial score (nSPS) is 17.6. The molecule has 5 heteroatoms. The molecule has 1 aliphatic rings. The SMILES string of the molecule is CN(C)C(=O)N1CCC(N[C@H](CO)c2ccccc2)CC1. The molecule has 1 heterocycles. The third-order valence-electron chi connectivity index (χ3n) is 3.97. The van der Waals surface area contributed by atoms with Crippen molar-refractivity contribution >= 4 is 6.03 Å². The van der Waals surface area contributed by atoms with Gasteiger partial charge >= 0.3 is 6.03 Å². The Morgan fingerprint density at radius 2 is 1.95 bits per heavy atom. The summed E-state index contributed by atoms with van der Waals surface area (Å²) in [7, 11) is 3.56. The Morgan fingerprint density at radius 3 is 2.48 bits per heavy atom. The van der Waals surface area contributed by atoms with Crippen LogP contribution in [0.2, 0.25) is 0 Å². The van der Waals surface area contributed by atoms with Crippen LogP contribution in [0.5, 0.6) is 0 Å². The number of carbonyl (C=O) groups excluding carboxylic acids is 1. The monoisotopic (exact) mass is 291 g/mol.